The summed E-state index contributed by atoms with van der Waals surface area (Å²) in [7, 11) is 0. The average Bonchev–Trinajstić information content (AvgIpc) is 2.78. The van der Waals surface area contributed by atoms with Gasteiger partial charge >= 0.3 is 5.97 Å². The maximum atomic E-state index is 12.7. The first-order chi connectivity index (χ1) is 9.47. The van der Waals surface area contributed by atoms with Gasteiger partial charge < -0.3 is 14.5 Å². The Morgan fingerprint density at radius 1 is 1.50 bits per heavy atom. The zero-order chi connectivity index (χ0) is 14.9. The quantitative estimate of drug-likeness (QED) is 0.913. The summed E-state index contributed by atoms with van der Waals surface area (Å²) >= 11 is 0. The van der Waals surface area contributed by atoms with E-state index in [-0.39, 0.29) is 11.8 Å². The van der Waals surface area contributed by atoms with Gasteiger partial charge in [-0.2, -0.15) is 0 Å². The topological polar surface area (TPSA) is 83.6 Å². The Bertz CT molecular complexity index is 523. The molecule has 6 nitrogen and oxygen atoms in total. The number of hydrogen-bond acceptors (Lipinski definition) is 4. The van der Waals surface area contributed by atoms with Crippen LogP contribution in [0.5, 0.6) is 0 Å². The van der Waals surface area contributed by atoms with Crippen molar-refractivity contribution in [2.45, 2.75) is 46.1 Å². The lowest BCUT2D eigenvalue weighted by Gasteiger charge is -2.37. The number of rotatable bonds is 3. The number of carbonyl (C=O) groups is 2. The number of aromatic nitrogens is 1. The standard InChI is InChI=1S/C14H20N2O4/c1-4-10-11(9(3)20-15-10)13(17)16-7-5-6-8(2)12(16)14(18)19/h8,12H,4-7H2,1-3H3,(H,18,19). The number of amides is 1. The molecule has 0 saturated carbocycles. The lowest BCUT2D eigenvalue weighted by atomic mass is 9.90. The zero-order valence-electron chi connectivity index (χ0n) is 12.0. The summed E-state index contributed by atoms with van der Waals surface area (Å²) in [6, 6.07) is -0.768. The maximum Gasteiger partial charge on any atom is 0.326 e. The summed E-state index contributed by atoms with van der Waals surface area (Å²) in [5.74, 6) is -0.818. The molecule has 1 saturated heterocycles. The third kappa shape index (κ3) is 2.42. The summed E-state index contributed by atoms with van der Waals surface area (Å²) in [5.41, 5.74) is 1.02. The second-order valence-corrected chi connectivity index (χ2v) is 5.32. The van der Waals surface area contributed by atoms with Crippen LogP contribution in [0.2, 0.25) is 0 Å². The molecule has 1 aromatic rings. The lowest BCUT2D eigenvalue weighted by molar-refractivity contribution is -0.145. The van der Waals surface area contributed by atoms with Crippen molar-refractivity contribution >= 4 is 11.9 Å². The smallest absolute Gasteiger partial charge is 0.326 e. The van der Waals surface area contributed by atoms with Crippen LogP contribution in [0, 0.1) is 12.8 Å². The lowest BCUT2D eigenvalue weighted by Crippen LogP contribution is -2.52. The van der Waals surface area contributed by atoms with E-state index in [9.17, 15) is 14.7 Å². The van der Waals surface area contributed by atoms with Crippen LogP contribution in [-0.4, -0.2) is 39.6 Å². The van der Waals surface area contributed by atoms with Gasteiger partial charge in [0.1, 0.15) is 17.4 Å². The van der Waals surface area contributed by atoms with Gasteiger partial charge in [0.25, 0.3) is 5.91 Å². The second kappa shape index (κ2) is 5.64. The molecular formula is C14H20N2O4. The van der Waals surface area contributed by atoms with Gasteiger partial charge in [-0.05, 0) is 32.1 Å². The SMILES string of the molecule is CCc1noc(C)c1C(=O)N1CCCC(C)C1C(=O)O. The summed E-state index contributed by atoms with van der Waals surface area (Å²) in [6.07, 6.45) is 2.23. The number of aryl methyl sites for hydroxylation is 2. The van der Waals surface area contributed by atoms with Crippen LogP contribution >= 0.6 is 0 Å². The number of carboxylic acid groups (broad SMARTS) is 1. The van der Waals surface area contributed by atoms with Crippen molar-refractivity contribution in [2.24, 2.45) is 5.92 Å². The number of carbonyl (C=O) groups excluding carboxylic acids is 1. The fourth-order valence-corrected chi connectivity index (χ4v) is 2.87. The highest BCUT2D eigenvalue weighted by Crippen LogP contribution is 2.27. The van der Waals surface area contributed by atoms with Crippen molar-refractivity contribution < 1.29 is 19.2 Å². The molecule has 2 rings (SSSR count). The highest BCUT2D eigenvalue weighted by molar-refractivity contribution is 5.98. The van der Waals surface area contributed by atoms with Crippen LogP contribution in [0.3, 0.4) is 0 Å². The Morgan fingerprint density at radius 2 is 2.20 bits per heavy atom. The Morgan fingerprint density at radius 3 is 2.80 bits per heavy atom. The van der Waals surface area contributed by atoms with Crippen LogP contribution in [0.15, 0.2) is 4.52 Å². The van der Waals surface area contributed by atoms with Crippen LogP contribution < -0.4 is 0 Å². The van der Waals surface area contributed by atoms with Crippen molar-refractivity contribution in [1.82, 2.24) is 10.1 Å². The van der Waals surface area contributed by atoms with Gasteiger partial charge in [0.05, 0.1) is 5.69 Å². The fourth-order valence-electron chi connectivity index (χ4n) is 2.87. The third-order valence-electron chi connectivity index (χ3n) is 3.93. The Balaban J connectivity index is 2.35. The number of hydrogen-bond donors (Lipinski definition) is 1. The van der Waals surface area contributed by atoms with Gasteiger partial charge in [0.2, 0.25) is 0 Å². The van der Waals surface area contributed by atoms with Gasteiger partial charge in [-0.1, -0.05) is 19.0 Å². The van der Waals surface area contributed by atoms with Gasteiger partial charge in [-0.15, -0.1) is 0 Å². The van der Waals surface area contributed by atoms with Crippen molar-refractivity contribution in [3.05, 3.63) is 17.0 Å². The van der Waals surface area contributed by atoms with Crippen LogP contribution in [0.25, 0.3) is 0 Å². The van der Waals surface area contributed by atoms with E-state index in [2.05, 4.69) is 5.16 Å². The molecular weight excluding hydrogens is 260 g/mol. The minimum atomic E-state index is -0.947. The number of likely N-dealkylation sites (tertiary alicyclic amines) is 1. The molecule has 1 aliphatic heterocycles. The van der Waals surface area contributed by atoms with Gasteiger partial charge in [0.15, 0.2) is 0 Å². The first-order valence-electron chi connectivity index (χ1n) is 6.96. The molecule has 0 aromatic carbocycles. The first kappa shape index (κ1) is 14.6. The van der Waals surface area contributed by atoms with Crippen LogP contribution in [-0.2, 0) is 11.2 Å². The summed E-state index contributed by atoms with van der Waals surface area (Å²) < 4.78 is 5.08. The normalized spacial score (nSPS) is 22.9. The molecule has 2 unspecified atom stereocenters. The highest BCUT2D eigenvalue weighted by Gasteiger charge is 2.39. The molecule has 110 valence electrons. The zero-order valence-corrected chi connectivity index (χ0v) is 12.0. The molecule has 20 heavy (non-hydrogen) atoms. The van der Waals surface area contributed by atoms with E-state index in [0.717, 1.165) is 12.8 Å². The molecule has 1 aliphatic rings. The van der Waals surface area contributed by atoms with E-state index in [1.807, 2.05) is 13.8 Å². The van der Waals surface area contributed by atoms with Crippen LogP contribution in [0.4, 0.5) is 0 Å². The maximum absolute atomic E-state index is 12.7. The number of carboxylic acids is 1. The van der Waals surface area contributed by atoms with Crippen molar-refractivity contribution in [3.63, 3.8) is 0 Å². The second-order valence-electron chi connectivity index (χ2n) is 5.32. The predicted molar refractivity (Wildman–Crippen MR) is 71.5 cm³/mol. The number of aliphatic carboxylic acids is 1. The molecule has 6 heteroatoms. The molecule has 0 radical (unpaired) electrons. The monoisotopic (exact) mass is 280 g/mol. The summed E-state index contributed by atoms with van der Waals surface area (Å²) in [4.78, 5) is 25.6. The fraction of sp³-hybridized carbons (Fsp3) is 0.643. The molecule has 0 aliphatic carbocycles. The van der Waals surface area contributed by atoms with Gasteiger partial charge in [-0.3, -0.25) is 4.79 Å². The van der Waals surface area contributed by atoms with Crippen LogP contribution in [0.1, 0.15) is 48.5 Å². The van der Waals surface area contributed by atoms with E-state index < -0.39 is 12.0 Å². The van der Waals surface area contributed by atoms with Crippen molar-refractivity contribution in [2.75, 3.05) is 6.54 Å². The van der Waals surface area contributed by atoms with E-state index >= 15 is 0 Å². The van der Waals surface area contributed by atoms with E-state index in [0.29, 0.717) is 30.0 Å². The van der Waals surface area contributed by atoms with Crippen molar-refractivity contribution in [3.8, 4) is 0 Å². The highest BCUT2D eigenvalue weighted by atomic mass is 16.5. The molecule has 1 amide bonds. The molecule has 2 atom stereocenters. The van der Waals surface area contributed by atoms with E-state index in [4.69, 9.17) is 4.52 Å². The van der Waals surface area contributed by atoms with Gasteiger partial charge in [-0.25, -0.2) is 4.79 Å². The van der Waals surface area contributed by atoms with E-state index in [1.54, 1.807) is 6.92 Å². The van der Waals surface area contributed by atoms with Gasteiger partial charge in [0, 0.05) is 6.54 Å². The summed E-state index contributed by atoms with van der Waals surface area (Å²) in [6.45, 7) is 5.91. The Labute approximate surface area is 117 Å². The molecule has 2 heterocycles. The van der Waals surface area contributed by atoms with Crippen molar-refractivity contribution in [1.29, 1.82) is 0 Å². The predicted octanol–water partition coefficient (Wildman–Crippen LogP) is 1.87. The molecule has 0 bridgehead atoms. The number of piperidine rings is 1. The number of nitrogens with zero attached hydrogens (tertiary/aromatic N) is 2. The Hall–Kier alpha value is -1.85. The third-order valence-corrected chi connectivity index (χ3v) is 3.93. The first-order valence-corrected chi connectivity index (χ1v) is 6.96. The average molecular weight is 280 g/mol. The van der Waals surface area contributed by atoms with E-state index in [1.165, 1.54) is 4.90 Å². The molecule has 1 fully saturated rings. The Kier molecular flexibility index (Phi) is 4.11. The minimum absolute atomic E-state index is 0.0459. The molecule has 0 spiro atoms. The minimum Gasteiger partial charge on any atom is -0.480 e. The largest absolute Gasteiger partial charge is 0.480 e. The molecule has 1 aromatic heterocycles. The molecule has 1 N–H and O–H groups in total. The summed E-state index contributed by atoms with van der Waals surface area (Å²) in [5, 5.41) is 13.3.